The molecule has 1 rings (SSSR count). The van der Waals surface area contributed by atoms with Crippen molar-refractivity contribution in [3.63, 3.8) is 0 Å². The van der Waals surface area contributed by atoms with Gasteiger partial charge in [-0.25, -0.2) is 0 Å². The highest BCUT2D eigenvalue weighted by atomic mass is 16.6. The van der Waals surface area contributed by atoms with E-state index in [0.717, 1.165) is 0 Å². The molecule has 14 heavy (non-hydrogen) atoms. The third-order valence-electron chi connectivity index (χ3n) is 2.48. The second kappa shape index (κ2) is 5.01. The SMILES string of the molecule is CN[C@@H]1[C@@H](OC)[C@H](O)[C@@H](CO)O[C@@H]1O. The second-order valence-corrected chi connectivity index (χ2v) is 3.25. The number of aliphatic hydroxyl groups excluding tert-OH is 3. The van der Waals surface area contributed by atoms with Gasteiger partial charge in [0, 0.05) is 7.11 Å². The first-order valence-electron chi connectivity index (χ1n) is 4.48. The van der Waals surface area contributed by atoms with E-state index in [0.29, 0.717) is 0 Å². The number of methoxy groups -OCH3 is 1. The molecule has 1 aliphatic rings. The molecule has 6 heteroatoms. The molecule has 0 aromatic carbocycles. The lowest BCUT2D eigenvalue weighted by Gasteiger charge is -2.41. The van der Waals surface area contributed by atoms with Crippen LogP contribution in [0.4, 0.5) is 0 Å². The molecule has 5 atom stereocenters. The minimum absolute atomic E-state index is 0.353. The summed E-state index contributed by atoms with van der Waals surface area (Å²) in [5.74, 6) is 0. The third kappa shape index (κ3) is 2.05. The zero-order valence-corrected chi connectivity index (χ0v) is 8.25. The molecule has 0 aliphatic carbocycles. The lowest BCUT2D eigenvalue weighted by molar-refractivity contribution is -0.258. The van der Waals surface area contributed by atoms with Gasteiger partial charge in [0.1, 0.15) is 18.3 Å². The average molecular weight is 207 g/mol. The Hall–Kier alpha value is -0.240. The van der Waals surface area contributed by atoms with Gasteiger partial charge in [-0.3, -0.25) is 0 Å². The van der Waals surface area contributed by atoms with Crippen molar-refractivity contribution in [3.05, 3.63) is 0 Å². The van der Waals surface area contributed by atoms with Crippen LogP contribution in [-0.2, 0) is 9.47 Å². The van der Waals surface area contributed by atoms with Gasteiger partial charge >= 0.3 is 0 Å². The Kier molecular flexibility index (Phi) is 4.24. The predicted octanol–water partition coefficient (Wildman–Crippen LogP) is -2.34. The van der Waals surface area contributed by atoms with Crippen molar-refractivity contribution < 1.29 is 24.8 Å². The van der Waals surface area contributed by atoms with Gasteiger partial charge in [-0.15, -0.1) is 0 Å². The number of hydrogen-bond acceptors (Lipinski definition) is 6. The van der Waals surface area contributed by atoms with E-state index in [1.165, 1.54) is 7.11 Å². The summed E-state index contributed by atoms with van der Waals surface area (Å²) in [6.45, 7) is -0.353. The number of ether oxygens (including phenoxy) is 2. The van der Waals surface area contributed by atoms with Gasteiger partial charge in [-0.05, 0) is 7.05 Å². The van der Waals surface area contributed by atoms with Crippen molar-refractivity contribution in [1.29, 1.82) is 0 Å². The Bertz CT molecular complexity index is 179. The molecule has 0 unspecified atom stereocenters. The van der Waals surface area contributed by atoms with E-state index in [9.17, 15) is 10.2 Å². The van der Waals surface area contributed by atoms with Crippen LogP contribution in [0.2, 0.25) is 0 Å². The number of likely N-dealkylation sites (N-methyl/N-ethyl adjacent to an activating group) is 1. The average Bonchev–Trinajstić information content (AvgIpc) is 2.20. The lowest BCUT2D eigenvalue weighted by atomic mass is 9.97. The van der Waals surface area contributed by atoms with Crippen LogP contribution < -0.4 is 5.32 Å². The fourth-order valence-corrected chi connectivity index (χ4v) is 1.67. The molecule has 84 valence electrons. The number of nitrogens with one attached hydrogen (secondary N) is 1. The number of aliphatic hydroxyl groups is 3. The monoisotopic (exact) mass is 207 g/mol. The van der Waals surface area contributed by atoms with Gasteiger partial charge in [-0.1, -0.05) is 0 Å². The van der Waals surface area contributed by atoms with Crippen LogP contribution in [-0.4, -0.2) is 66.7 Å². The molecule has 1 heterocycles. The van der Waals surface area contributed by atoms with E-state index in [2.05, 4.69) is 5.32 Å². The summed E-state index contributed by atoms with van der Waals surface area (Å²) in [6.07, 6.45) is -3.45. The fourth-order valence-electron chi connectivity index (χ4n) is 1.67. The Labute approximate surface area is 82.4 Å². The number of hydrogen-bond donors (Lipinski definition) is 4. The van der Waals surface area contributed by atoms with E-state index in [1.54, 1.807) is 7.05 Å². The zero-order valence-electron chi connectivity index (χ0n) is 8.25. The quantitative estimate of drug-likeness (QED) is 0.414. The summed E-state index contributed by atoms with van der Waals surface area (Å²) >= 11 is 0. The van der Waals surface area contributed by atoms with Gasteiger partial charge in [0.15, 0.2) is 6.29 Å². The van der Waals surface area contributed by atoms with Crippen LogP contribution in [0, 0.1) is 0 Å². The molecule has 1 fully saturated rings. The van der Waals surface area contributed by atoms with Crippen molar-refractivity contribution in [1.82, 2.24) is 5.32 Å². The molecule has 0 bridgehead atoms. The predicted molar refractivity (Wildman–Crippen MR) is 47.6 cm³/mol. The summed E-state index contributed by atoms with van der Waals surface area (Å²) in [4.78, 5) is 0. The number of rotatable bonds is 3. The molecule has 6 nitrogen and oxygen atoms in total. The summed E-state index contributed by atoms with van der Waals surface area (Å²) in [7, 11) is 3.07. The van der Waals surface area contributed by atoms with Gasteiger partial charge in [0.05, 0.1) is 12.6 Å². The van der Waals surface area contributed by atoms with Crippen molar-refractivity contribution in [3.8, 4) is 0 Å². The lowest BCUT2D eigenvalue weighted by Crippen LogP contribution is -2.63. The van der Waals surface area contributed by atoms with Crippen molar-refractivity contribution in [2.45, 2.75) is 30.6 Å². The smallest absolute Gasteiger partial charge is 0.173 e. The first-order valence-corrected chi connectivity index (χ1v) is 4.48. The van der Waals surface area contributed by atoms with Crippen LogP contribution in [0.5, 0.6) is 0 Å². The van der Waals surface area contributed by atoms with Gasteiger partial charge in [0.25, 0.3) is 0 Å². The maximum Gasteiger partial charge on any atom is 0.173 e. The van der Waals surface area contributed by atoms with Crippen LogP contribution in [0.15, 0.2) is 0 Å². The van der Waals surface area contributed by atoms with Crippen molar-refractivity contribution in [2.24, 2.45) is 0 Å². The Morgan fingerprint density at radius 2 is 2.07 bits per heavy atom. The highest BCUT2D eigenvalue weighted by molar-refractivity contribution is 4.92. The van der Waals surface area contributed by atoms with E-state index in [1.807, 2.05) is 0 Å². The van der Waals surface area contributed by atoms with Crippen molar-refractivity contribution >= 4 is 0 Å². The first kappa shape index (κ1) is 11.8. The zero-order chi connectivity index (χ0) is 10.7. The molecule has 0 spiro atoms. The molecule has 0 aromatic heterocycles. The van der Waals surface area contributed by atoms with Gasteiger partial charge < -0.3 is 30.1 Å². The van der Waals surface area contributed by atoms with E-state index in [-0.39, 0.29) is 6.61 Å². The highest BCUT2D eigenvalue weighted by Crippen LogP contribution is 2.21. The fraction of sp³-hybridized carbons (Fsp3) is 1.00. The normalized spacial score (nSPS) is 43.9. The van der Waals surface area contributed by atoms with E-state index in [4.69, 9.17) is 14.6 Å². The molecule has 0 amide bonds. The molecule has 0 radical (unpaired) electrons. The molecule has 1 saturated heterocycles. The largest absolute Gasteiger partial charge is 0.394 e. The van der Waals surface area contributed by atoms with Crippen LogP contribution in [0.1, 0.15) is 0 Å². The summed E-state index contributed by atoms with van der Waals surface area (Å²) < 4.78 is 10.0. The Morgan fingerprint density at radius 1 is 1.43 bits per heavy atom. The summed E-state index contributed by atoms with van der Waals surface area (Å²) in [5.41, 5.74) is 0. The minimum Gasteiger partial charge on any atom is -0.394 e. The summed E-state index contributed by atoms with van der Waals surface area (Å²) in [6, 6.07) is -0.502. The first-order chi connectivity index (χ1) is 6.65. The van der Waals surface area contributed by atoms with Crippen LogP contribution >= 0.6 is 0 Å². The van der Waals surface area contributed by atoms with Gasteiger partial charge in [0.2, 0.25) is 0 Å². The highest BCUT2D eigenvalue weighted by Gasteiger charge is 2.43. The minimum atomic E-state index is -1.09. The van der Waals surface area contributed by atoms with Crippen molar-refractivity contribution in [2.75, 3.05) is 20.8 Å². The van der Waals surface area contributed by atoms with Gasteiger partial charge in [-0.2, -0.15) is 0 Å². The van der Waals surface area contributed by atoms with Crippen LogP contribution in [0.25, 0.3) is 0 Å². The standard InChI is InChI=1S/C8H17NO5/c1-9-5-7(13-2)6(11)4(3-10)14-8(5)12/h4-12H,3H2,1-2H3/t4-,5-,6-,7-,8+/m1/s1. The summed E-state index contributed by atoms with van der Waals surface area (Å²) in [5, 5.41) is 30.9. The molecule has 0 saturated carbocycles. The maximum atomic E-state index is 9.69. The molecule has 1 aliphatic heterocycles. The molecular formula is C8H17NO5. The Balaban J connectivity index is 2.73. The second-order valence-electron chi connectivity index (χ2n) is 3.25. The maximum absolute atomic E-state index is 9.69. The van der Waals surface area contributed by atoms with Crippen LogP contribution in [0.3, 0.4) is 0 Å². The molecule has 4 N–H and O–H groups in total. The van der Waals surface area contributed by atoms with E-state index < -0.39 is 30.6 Å². The molecule has 0 aromatic rings. The topological polar surface area (TPSA) is 91.2 Å². The van der Waals surface area contributed by atoms with E-state index >= 15 is 0 Å². The Morgan fingerprint density at radius 3 is 2.50 bits per heavy atom. The molecular weight excluding hydrogens is 190 g/mol. The third-order valence-corrected chi connectivity index (χ3v) is 2.48.